The van der Waals surface area contributed by atoms with Gasteiger partial charge in [0.15, 0.2) is 0 Å². The van der Waals surface area contributed by atoms with Gasteiger partial charge in [-0.25, -0.2) is 0 Å². The van der Waals surface area contributed by atoms with E-state index in [1.807, 2.05) is 0 Å². The van der Waals surface area contributed by atoms with Crippen molar-refractivity contribution in [3.8, 4) is 0 Å². The third kappa shape index (κ3) is 5.00. The van der Waals surface area contributed by atoms with Crippen molar-refractivity contribution in [3.63, 3.8) is 0 Å². The van der Waals surface area contributed by atoms with Crippen LogP contribution in [0.25, 0.3) is 0 Å². The number of nitrogens with zero attached hydrogens (tertiary/aromatic N) is 1. The first-order valence-corrected chi connectivity index (χ1v) is 7.46. The van der Waals surface area contributed by atoms with E-state index >= 15 is 0 Å². The molecule has 1 aliphatic heterocycles. The van der Waals surface area contributed by atoms with Crippen molar-refractivity contribution in [2.45, 2.75) is 29.8 Å². The number of hydrogen-bond acceptors (Lipinski definition) is 3. The molecule has 0 unspecified atom stereocenters. The van der Waals surface area contributed by atoms with Gasteiger partial charge in [0.25, 0.3) is 0 Å². The molecule has 0 aromatic heterocycles. The van der Waals surface area contributed by atoms with Gasteiger partial charge >= 0.3 is 5.51 Å². The highest BCUT2D eigenvalue weighted by Gasteiger charge is 2.29. The molecule has 0 amide bonds. The molecule has 20 heavy (non-hydrogen) atoms. The van der Waals surface area contributed by atoms with Crippen LogP contribution in [0.2, 0.25) is 0 Å². The highest BCUT2D eigenvalue weighted by molar-refractivity contribution is 8.00. The Morgan fingerprint density at radius 2 is 1.75 bits per heavy atom. The van der Waals surface area contributed by atoms with Gasteiger partial charge in [0.1, 0.15) is 0 Å². The Kier molecular flexibility index (Phi) is 5.35. The number of alkyl halides is 3. The Morgan fingerprint density at radius 3 is 2.25 bits per heavy atom. The maximum atomic E-state index is 12.2. The minimum atomic E-state index is -4.23. The molecule has 1 aliphatic rings. The van der Waals surface area contributed by atoms with Crippen molar-refractivity contribution >= 4 is 11.8 Å². The van der Waals surface area contributed by atoms with E-state index in [1.165, 1.54) is 12.1 Å². The molecule has 0 radical (unpaired) electrons. The molecule has 0 aliphatic carbocycles. The Bertz CT molecular complexity index is 413. The molecule has 0 bridgehead atoms. The summed E-state index contributed by atoms with van der Waals surface area (Å²) < 4.78 is 36.7. The van der Waals surface area contributed by atoms with Gasteiger partial charge < -0.3 is 5.11 Å². The fourth-order valence-electron chi connectivity index (χ4n) is 2.38. The van der Waals surface area contributed by atoms with Crippen molar-refractivity contribution in [1.29, 1.82) is 0 Å². The number of benzene rings is 1. The van der Waals surface area contributed by atoms with E-state index in [4.69, 9.17) is 5.11 Å². The first-order chi connectivity index (χ1) is 9.46. The number of aliphatic hydroxyl groups excluding tert-OH is 1. The molecule has 0 atom stereocenters. The highest BCUT2D eigenvalue weighted by Crippen LogP contribution is 2.36. The lowest BCUT2D eigenvalue weighted by Crippen LogP contribution is -2.34. The quantitative estimate of drug-likeness (QED) is 0.861. The summed E-state index contributed by atoms with van der Waals surface area (Å²) in [6, 6.07) is 6.56. The van der Waals surface area contributed by atoms with E-state index in [-0.39, 0.29) is 23.3 Å². The molecule has 1 aromatic rings. The molecule has 1 saturated heterocycles. The second-order valence-corrected chi connectivity index (χ2v) is 6.23. The van der Waals surface area contributed by atoms with E-state index in [0.717, 1.165) is 38.0 Å². The van der Waals surface area contributed by atoms with Gasteiger partial charge in [0, 0.05) is 18.0 Å². The molecular formula is C14H18F3NOS. The van der Waals surface area contributed by atoms with Crippen molar-refractivity contribution in [2.24, 2.45) is 5.92 Å². The van der Waals surface area contributed by atoms with Gasteiger partial charge in [-0.2, -0.15) is 13.2 Å². The van der Waals surface area contributed by atoms with Crippen LogP contribution in [-0.2, 0) is 6.54 Å². The Balaban J connectivity index is 1.85. The zero-order valence-electron chi connectivity index (χ0n) is 11.1. The molecule has 6 heteroatoms. The normalized spacial score (nSPS) is 18.4. The average molecular weight is 305 g/mol. The Labute approximate surface area is 121 Å². The molecule has 0 saturated carbocycles. The summed E-state index contributed by atoms with van der Waals surface area (Å²) in [5.74, 6) is 0.400. The van der Waals surface area contributed by atoms with Gasteiger partial charge in [0.2, 0.25) is 0 Å². The molecular weight excluding hydrogens is 287 g/mol. The lowest BCUT2D eigenvalue weighted by atomic mass is 9.97. The number of hydrogen-bond donors (Lipinski definition) is 1. The van der Waals surface area contributed by atoms with Crippen LogP contribution >= 0.6 is 11.8 Å². The van der Waals surface area contributed by atoms with E-state index in [2.05, 4.69) is 4.90 Å². The summed E-state index contributed by atoms with van der Waals surface area (Å²) in [7, 11) is 0. The monoisotopic (exact) mass is 305 g/mol. The first kappa shape index (κ1) is 15.7. The summed E-state index contributed by atoms with van der Waals surface area (Å²) in [5.41, 5.74) is -3.20. The van der Waals surface area contributed by atoms with E-state index in [0.29, 0.717) is 5.92 Å². The zero-order chi connectivity index (χ0) is 14.6. The minimum absolute atomic E-state index is 0.0826. The second kappa shape index (κ2) is 6.83. The van der Waals surface area contributed by atoms with Gasteiger partial charge in [-0.1, -0.05) is 12.1 Å². The van der Waals surface area contributed by atoms with Gasteiger partial charge in [-0.3, -0.25) is 4.90 Å². The fraction of sp³-hybridized carbons (Fsp3) is 0.571. The van der Waals surface area contributed by atoms with E-state index < -0.39 is 5.51 Å². The molecule has 1 aromatic carbocycles. The van der Waals surface area contributed by atoms with Crippen LogP contribution in [0.4, 0.5) is 13.2 Å². The van der Waals surface area contributed by atoms with Crippen molar-refractivity contribution in [1.82, 2.24) is 4.90 Å². The predicted octanol–water partition coefficient (Wildman–Crippen LogP) is 3.50. The zero-order valence-corrected chi connectivity index (χ0v) is 11.9. The predicted molar refractivity (Wildman–Crippen MR) is 73.4 cm³/mol. The van der Waals surface area contributed by atoms with Gasteiger partial charge in [0.05, 0.1) is 0 Å². The molecule has 0 spiro atoms. The average Bonchev–Trinajstić information content (AvgIpc) is 2.40. The first-order valence-electron chi connectivity index (χ1n) is 6.64. The molecule has 1 N–H and O–H groups in total. The van der Waals surface area contributed by atoms with Crippen LogP contribution in [0, 0.1) is 5.92 Å². The third-order valence-corrected chi connectivity index (χ3v) is 4.27. The maximum absolute atomic E-state index is 12.2. The number of piperidine rings is 1. The van der Waals surface area contributed by atoms with E-state index in [1.54, 1.807) is 12.1 Å². The number of aliphatic hydroxyl groups is 1. The number of rotatable bonds is 4. The number of halogens is 3. The molecule has 2 nitrogen and oxygen atoms in total. The molecule has 2 rings (SSSR count). The van der Waals surface area contributed by atoms with Crippen LogP contribution in [-0.4, -0.2) is 35.2 Å². The summed E-state index contributed by atoms with van der Waals surface area (Å²) >= 11 is -0.0826. The molecule has 1 heterocycles. The standard InChI is InChI=1S/C14H18F3NOS/c15-14(16,17)20-13-3-1-11(2-4-13)9-18-7-5-12(10-19)6-8-18/h1-4,12,19H,5-10H2. The number of likely N-dealkylation sites (tertiary alicyclic amines) is 1. The fourth-order valence-corrected chi connectivity index (χ4v) is 2.92. The third-order valence-electron chi connectivity index (χ3n) is 3.53. The van der Waals surface area contributed by atoms with Crippen LogP contribution in [0.1, 0.15) is 18.4 Å². The highest BCUT2D eigenvalue weighted by atomic mass is 32.2. The van der Waals surface area contributed by atoms with Gasteiger partial charge in [-0.05, 0) is 61.3 Å². The van der Waals surface area contributed by atoms with Crippen molar-refractivity contribution < 1.29 is 18.3 Å². The lowest BCUT2D eigenvalue weighted by Gasteiger charge is -2.31. The SMILES string of the molecule is OCC1CCN(Cc2ccc(SC(F)(F)F)cc2)CC1. The maximum Gasteiger partial charge on any atom is 0.446 e. The van der Waals surface area contributed by atoms with Crippen LogP contribution in [0.5, 0.6) is 0 Å². The van der Waals surface area contributed by atoms with Crippen molar-refractivity contribution in [3.05, 3.63) is 29.8 Å². The minimum Gasteiger partial charge on any atom is -0.396 e. The van der Waals surface area contributed by atoms with Crippen molar-refractivity contribution in [2.75, 3.05) is 19.7 Å². The van der Waals surface area contributed by atoms with Crippen LogP contribution in [0.15, 0.2) is 29.2 Å². The van der Waals surface area contributed by atoms with Crippen LogP contribution < -0.4 is 0 Å². The lowest BCUT2D eigenvalue weighted by molar-refractivity contribution is -0.0328. The van der Waals surface area contributed by atoms with Crippen LogP contribution in [0.3, 0.4) is 0 Å². The summed E-state index contributed by atoms with van der Waals surface area (Å²) in [6.07, 6.45) is 1.97. The number of thioether (sulfide) groups is 1. The summed E-state index contributed by atoms with van der Waals surface area (Å²) in [5, 5.41) is 9.08. The Hall–Kier alpha value is -0.720. The topological polar surface area (TPSA) is 23.5 Å². The second-order valence-electron chi connectivity index (χ2n) is 5.09. The Morgan fingerprint density at radius 1 is 1.15 bits per heavy atom. The molecule has 112 valence electrons. The summed E-state index contributed by atoms with van der Waals surface area (Å²) in [4.78, 5) is 2.50. The largest absolute Gasteiger partial charge is 0.446 e. The molecule has 1 fully saturated rings. The van der Waals surface area contributed by atoms with Gasteiger partial charge in [-0.15, -0.1) is 0 Å². The van der Waals surface area contributed by atoms with E-state index in [9.17, 15) is 13.2 Å². The summed E-state index contributed by atoms with van der Waals surface area (Å²) in [6.45, 7) is 2.88. The smallest absolute Gasteiger partial charge is 0.396 e.